The smallest absolute Gasteiger partial charge is 0.251 e. The molecule has 0 spiro atoms. The topological polar surface area (TPSA) is 25.8 Å². The van der Waals surface area contributed by atoms with Crippen LogP contribution >= 0.6 is 11.6 Å². The van der Waals surface area contributed by atoms with Gasteiger partial charge in [-0.2, -0.15) is 26.3 Å². The number of hydrogen-bond acceptors (Lipinski definition) is 2. The molecule has 1 heterocycles. The normalized spacial score (nSPS) is 13.0. The van der Waals surface area contributed by atoms with Crippen LogP contribution in [0.2, 0.25) is 5.15 Å². The van der Waals surface area contributed by atoms with E-state index in [0.29, 0.717) is 12.1 Å². The zero-order chi connectivity index (χ0) is 14.4. The number of fused-ring (bicyclic) bond motifs is 1. The Labute approximate surface area is 107 Å². The van der Waals surface area contributed by atoms with Crippen LogP contribution in [0.3, 0.4) is 0 Å². The lowest BCUT2D eigenvalue weighted by atomic mass is 10.1. The van der Waals surface area contributed by atoms with Crippen molar-refractivity contribution in [3.05, 3.63) is 34.6 Å². The molecule has 0 saturated carbocycles. The summed E-state index contributed by atoms with van der Waals surface area (Å²) in [5.74, 6) is 0. The number of aromatic nitrogens is 2. The third kappa shape index (κ3) is 2.58. The van der Waals surface area contributed by atoms with Crippen molar-refractivity contribution in [1.29, 1.82) is 0 Å². The summed E-state index contributed by atoms with van der Waals surface area (Å²) in [5, 5.41) is -0.419. The van der Waals surface area contributed by atoms with Crippen LogP contribution in [0.15, 0.2) is 18.3 Å². The fraction of sp³-hybridized carbons (Fsp3) is 0.200. The summed E-state index contributed by atoms with van der Waals surface area (Å²) >= 11 is 5.39. The molecular weight excluding hydrogens is 298 g/mol. The quantitative estimate of drug-likeness (QED) is 0.677. The Kier molecular flexibility index (Phi) is 3.08. The molecule has 1 aromatic carbocycles. The molecule has 1 aromatic heterocycles. The summed E-state index contributed by atoms with van der Waals surface area (Å²) in [4.78, 5) is 6.61. The molecule has 0 aliphatic carbocycles. The zero-order valence-corrected chi connectivity index (χ0v) is 9.53. The monoisotopic (exact) mass is 300 g/mol. The van der Waals surface area contributed by atoms with Gasteiger partial charge in [0.2, 0.25) is 0 Å². The second-order valence-corrected chi connectivity index (χ2v) is 3.93. The molecule has 0 saturated heterocycles. The third-order valence-electron chi connectivity index (χ3n) is 2.28. The first-order valence-corrected chi connectivity index (χ1v) is 5.08. The molecule has 19 heavy (non-hydrogen) atoms. The molecule has 102 valence electrons. The highest BCUT2D eigenvalue weighted by atomic mass is 35.5. The van der Waals surface area contributed by atoms with E-state index in [1.165, 1.54) is 0 Å². The van der Waals surface area contributed by atoms with Gasteiger partial charge in [-0.25, -0.2) is 4.98 Å². The van der Waals surface area contributed by atoms with E-state index in [1.54, 1.807) is 0 Å². The van der Waals surface area contributed by atoms with Crippen LogP contribution in [0, 0.1) is 0 Å². The first-order valence-electron chi connectivity index (χ1n) is 4.70. The average molecular weight is 301 g/mol. The van der Waals surface area contributed by atoms with E-state index in [-0.39, 0.29) is 0 Å². The standard InChI is InChI=1S/C10H3ClF6N2/c11-6-3-18-7-4(9(12,13)14)1-2-5(8(7)19-6)10(15,16)17/h1-3H. The fourth-order valence-corrected chi connectivity index (χ4v) is 1.67. The maximum Gasteiger partial charge on any atom is 0.418 e. The molecule has 0 bridgehead atoms. The van der Waals surface area contributed by atoms with Gasteiger partial charge in [0.25, 0.3) is 0 Å². The van der Waals surface area contributed by atoms with Gasteiger partial charge in [-0.15, -0.1) is 0 Å². The number of nitrogens with zero attached hydrogens (tertiary/aromatic N) is 2. The molecule has 0 N–H and O–H groups in total. The summed E-state index contributed by atoms with van der Waals surface area (Å²) < 4.78 is 76.1. The van der Waals surface area contributed by atoms with Crippen LogP contribution in [0.25, 0.3) is 11.0 Å². The Bertz CT molecular complexity index is 634. The summed E-state index contributed by atoms with van der Waals surface area (Å²) in [5.41, 5.74) is -4.41. The Morgan fingerprint density at radius 1 is 0.842 bits per heavy atom. The lowest BCUT2D eigenvalue weighted by Gasteiger charge is -2.13. The summed E-state index contributed by atoms with van der Waals surface area (Å²) in [6.45, 7) is 0. The maximum absolute atomic E-state index is 12.7. The molecule has 0 unspecified atom stereocenters. The third-order valence-corrected chi connectivity index (χ3v) is 2.46. The minimum Gasteiger partial charge on any atom is -0.251 e. The molecule has 2 aromatic rings. The SMILES string of the molecule is FC(F)(F)c1ccc(C(F)(F)F)c2nc(Cl)cnc12. The van der Waals surface area contributed by atoms with Gasteiger partial charge in [-0.3, -0.25) is 4.98 Å². The van der Waals surface area contributed by atoms with Gasteiger partial charge in [-0.05, 0) is 12.1 Å². The van der Waals surface area contributed by atoms with E-state index in [2.05, 4.69) is 9.97 Å². The highest BCUT2D eigenvalue weighted by Crippen LogP contribution is 2.39. The van der Waals surface area contributed by atoms with Crippen molar-refractivity contribution in [3.63, 3.8) is 0 Å². The molecular formula is C10H3ClF6N2. The Hall–Kier alpha value is -1.57. The van der Waals surface area contributed by atoms with E-state index >= 15 is 0 Å². The van der Waals surface area contributed by atoms with Gasteiger partial charge < -0.3 is 0 Å². The van der Waals surface area contributed by atoms with E-state index in [0.717, 1.165) is 6.20 Å². The van der Waals surface area contributed by atoms with Crippen LogP contribution in [0.4, 0.5) is 26.3 Å². The van der Waals surface area contributed by atoms with Crippen molar-refractivity contribution in [2.45, 2.75) is 12.4 Å². The van der Waals surface area contributed by atoms with Crippen molar-refractivity contribution in [1.82, 2.24) is 9.97 Å². The Balaban J connectivity index is 2.88. The number of halogens is 7. The molecule has 0 radical (unpaired) electrons. The fourth-order valence-electron chi connectivity index (χ4n) is 1.53. The second-order valence-electron chi connectivity index (χ2n) is 3.55. The first-order chi connectivity index (χ1) is 8.60. The number of rotatable bonds is 0. The van der Waals surface area contributed by atoms with Crippen LogP contribution in [-0.2, 0) is 12.4 Å². The maximum atomic E-state index is 12.7. The molecule has 0 aliphatic heterocycles. The highest BCUT2D eigenvalue weighted by Gasteiger charge is 2.39. The molecule has 0 aliphatic rings. The number of hydrogen-bond donors (Lipinski definition) is 0. The number of alkyl halides is 6. The lowest BCUT2D eigenvalue weighted by Crippen LogP contribution is -2.12. The molecule has 2 nitrogen and oxygen atoms in total. The minimum absolute atomic E-state index is 0.316. The largest absolute Gasteiger partial charge is 0.418 e. The van der Waals surface area contributed by atoms with Gasteiger partial charge in [0.05, 0.1) is 17.3 Å². The van der Waals surface area contributed by atoms with Gasteiger partial charge in [0.1, 0.15) is 16.2 Å². The van der Waals surface area contributed by atoms with Gasteiger partial charge in [0.15, 0.2) is 0 Å². The van der Waals surface area contributed by atoms with Crippen molar-refractivity contribution >= 4 is 22.6 Å². The summed E-state index contributed by atoms with van der Waals surface area (Å²) in [6.07, 6.45) is -8.91. The van der Waals surface area contributed by atoms with Gasteiger partial charge in [-0.1, -0.05) is 11.6 Å². The summed E-state index contributed by atoms with van der Waals surface area (Å²) in [7, 11) is 0. The predicted octanol–water partition coefficient (Wildman–Crippen LogP) is 4.32. The van der Waals surface area contributed by atoms with E-state index in [1.807, 2.05) is 0 Å². The van der Waals surface area contributed by atoms with E-state index in [9.17, 15) is 26.3 Å². The first kappa shape index (κ1) is 13.9. The van der Waals surface area contributed by atoms with Crippen molar-refractivity contribution in [3.8, 4) is 0 Å². The van der Waals surface area contributed by atoms with Crippen LogP contribution in [0.5, 0.6) is 0 Å². The number of benzene rings is 1. The van der Waals surface area contributed by atoms with E-state index in [4.69, 9.17) is 11.6 Å². The minimum atomic E-state index is -4.85. The van der Waals surface area contributed by atoms with Crippen LogP contribution < -0.4 is 0 Å². The van der Waals surface area contributed by atoms with Crippen LogP contribution in [0.1, 0.15) is 11.1 Å². The highest BCUT2D eigenvalue weighted by molar-refractivity contribution is 6.29. The van der Waals surface area contributed by atoms with E-state index < -0.39 is 39.7 Å². The molecule has 9 heteroatoms. The zero-order valence-electron chi connectivity index (χ0n) is 8.77. The van der Waals surface area contributed by atoms with Gasteiger partial charge >= 0.3 is 12.4 Å². The summed E-state index contributed by atoms with van der Waals surface area (Å²) in [6, 6.07) is 0.643. The predicted molar refractivity (Wildman–Crippen MR) is 54.6 cm³/mol. The van der Waals surface area contributed by atoms with Crippen molar-refractivity contribution in [2.75, 3.05) is 0 Å². The molecule has 0 atom stereocenters. The van der Waals surface area contributed by atoms with Gasteiger partial charge in [0, 0.05) is 0 Å². The van der Waals surface area contributed by atoms with Crippen LogP contribution in [-0.4, -0.2) is 9.97 Å². The molecule has 0 fully saturated rings. The molecule has 2 rings (SSSR count). The van der Waals surface area contributed by atoms with Crippen molar-refractivity contribution < 1.29 is 26.3 Å². The Morgan fingerprint density at radius 2 is 1.32 bits per heavy atom. The Morgan fingerprint density at radius 3 is 1.79 bits per heavy atom. The average Bonchev–Trinajstić information content (AvgIpc) is 2.24. The lowest BCUT2D eigenvalue weighted by molar-refractivity contribution is -0.139. The van der Waals surface area contributed by atoms with Crippen molar-refractivity contribution in [2.24, 2.45) is 0 Å². The second kappa shape index (κ2) is 4.22. The molecule has 0 amide bonds.